The number of sulfonamides is 1. The summed E-state index contributed by atoms with van der Waals surface area (Å²) in [7, 11) is -0.500. The van der Waals surface area contributed by atoms with Crippen LogP contribution in [0.3, 0.4) is 0 Å². The lowest BCUT2D eigenvalue weighted by Crippen LogP contribution is -2.25. The van der Waals surface area contributed by atoms with Gasteiger partial charge in [-0.2, -0.15) is 5.10 Å². The standard InChI is InChI=1S/C17H19FN4O2S2/c1-12(13-4-10-16(11-5-13)26(23,24)22(2)3)20-21-17(25)19-15-8-6-14(18)7-9-15/h4-11H,1-3H3,(H2,19,21,25)/b20-12-. The van der Waals surface area contributed by atoms with Crippen LogP contribution in [0.15, 0.2) is 58.5 Å². The number of hydrogen-bond donors (Lipinski definition) is 2. The van der Waals surface area contributed by atoms with Crippen molar-refractivity contribution >= 4 is 38.8 Å². The summed E-state index contributed by atoms with van der Waals surface area (Å²) in [5, 5.41) is 7.30. The van der Waals surface area contributed by atoms with Crippen molar-refractivity contribution in [3.8, 4) is 0 Å². The first-order valence-electron chi connectivity index (χ1n) is 7.60. The Morgan fingerprint density at radius 3 is 2.19 bits per heavy atom. The Morgan fingerprint density at radius 2 is 1.65 bits per heavy atom. The van der Waals surface area contributed by atoms with Crippen LogP contribution in [-0.2, 0) is 10.0 Å². The first-order valence-corrected chi connectivity index (χ1v) is 9.45. The minimum atomic E-state index is -3.46. The fraction of sp³-hybridized carbons (Fsp3) is 0.176. The number of halogens is 1. The monoisotopic (exact) mass is 394 g/mol. The maximum absolute atomic E-state index is 12.9. The van der Waals surface area contributed by atoms with Crippen molar-refractivity contribution in [3.63, 3.8) is 0 Å². The van der Waals surface area contributed by atoms with E-state index < -0.39 is 10.0 Å². The molecule has 2 N–H and O–H groups in total. The summed E-state index contributed by atoms with van der Waals surface area (Å²) in [6.07, 6.45) is 0. The average molecular weight is 394 g/mol. The Morgan fingerprint density at radius 1 is 1.08 bits per heavy atom. The van der Waals surface area contributed by atoms with Gasteiger partial charge in [-0.05, 0) is 61.1 Å². The van der Waals surface area contributed by atoms with Gasteiger partial charge in [-0.3, -0.25) is 5.43 Å². The summed E-state index contributed by atoms with van der Waals surface area (Å²) in [5.74, 6) is -0.331. The van der Waals surface area contributed by atoms with Gasteiger partial charge in [0.2, 0.25) is 10.0 Å². The third-order valence-corrected chi connectivity index (χ3v) is 5.50. The van der Waals surface area contributed by atoms with E-state index in [1.165, 1.54) is 38.4 Å². The highest BCUT2D eigenvalue weighted by Gasteiger charge is 2.16. The van der Waals surface area contributed by atoms with Crippen molar-refractivity contribution in [2.45, 2.75) is 11.8 Å². The molecule has 26 heavy (non-hydrogen) atoms. The topological polar surface area (TPSA) is 73.8 Å². The van der Waals surface area contributed by atoms with E-state index in [4.69, 9.17) is 12.2 Å². The lowest BCUT2D eigenvalue weighted by molar-refractivity contribution is 0.521. The zero-order chi connectivity index (χ0) is 19.3. The van der Waals surface area contributed by atoms with Gasteiger partial charge in [-0.25, -0.2) is 17.1 Å². The molecule has 0 bridgehead atoms. The Labute approximate surface area is 157 Å². The zero-order valence-electron chi connectivity index (χ0n) is 14.5. The molecule has 0 unspecified atom stereocenters. The molecule has 9 heteroatoms. The van der Waals surface area contributed by atoms with E-state index in [-0.39, 0.29) is 15.8 Å². The Kier molecular flexibility index (Phi) is 6.41. The van der Waals surface area contributed by atoms with E-state index in [1.807, 2.05) is 0 Å². The first kappa shape index (κ1) is 20.0. The smallest absolute Gasteiger partial charge is 0.242 e. The average Bonchev–Trinajstić information content (AvgIpc) is 2.61. The quantitative estimate of drug-likeness (QED) is 0.463. The highest BCUT2D eigenvalue weighted by atomic mass is 32.2. The summed E-state index contributed by atoms with van der Waals surface area (Å²) in [6, 6.07) is 12.2. The van der Waals surface area contributed by atoms with E-state index in [2.05, 4.69) is 15.8 Å². The van der Waals surface area contributed by atoms with Crippen molar-refractivity contribution in [3.05, 3.63) is 59.9 Å². The van der Waals surface area contributed by atoms with Gasteiger partial charge in [0.1, 0.15) is 5.82 Å². The lowest BCUT2D eigenvalue weighted by atomic mass is 10.1. The zero-order valence-corrected chi connectivity index (χ0v) is 16.2. The van der Waals surface area contributed by atoms with Crippen LogP contribution in [0.2, 0.25) is 0 Å². The van der Waals surface area contributed by atoms with Crippen LogP contribution < -0.4 is 10.7 Å². The molecule has 0 fully saturated rings. The minimum Gasteiger partial charge on any atom is -0.331 e. The van der Waals surface area contributed by atoms with Crippen LogP contribution in [-0.4, -0.2) is 37.6 Å². The Bertz CT molecular complexity index is 909. The van der Waals surface area contributed by atoms with Gasteiger partial charge in [0.25, 0.3) is 0 Å². The third-order valence-electron chi connectivity index (χ3n) is 3.48. The number of nitrogens with zero attached hydrogens (tertiary/aromatic N) is 2. The molecule has 0 heterocycles. The Hall–Kier alpha value is -2.36. The predicted molar refractivity (Wildman–Crippen MR) is 105 cm³/mol. The molecule has 138 valence electrons. The molecule has 0 aliphatic heterocycles. The number of benzene rings is 2. The van der Waals surface area contributed by atoms with Crippen LogP contribution in [0.25, 0.3) is 0 Å². The fourth-order valence-electron chi connectivity index (χ4n) is 1.97. The number of thiocarbonyl (C=S) groups is 1. The van der Waals surface area contributed by atoms with Crippen molar-refractivity contribution in [2.75, 3.05) is 19.4 Å². The molecule has 2 aromatic rings. The molecule has 0 spiro atoms. The maximum Gasteiger partial charge on any atom is 0.242 e. The molecule has 0 atom stereocenters. The van der Waals surface area contributed by atoms with Crippen molar-refractivity contribution < 1.29 is 12.8 Å². The normalized spacial score (nSPS) is 12.1. The molecule has 0 aliphatic rings. The van der Waals surface area contributed by atoms with E-state index in [0.29, 0.717) is 11.4 Å². The van der Waals surface area contributed by atoms with E-state index >= 15 is 0 Å². The van der Waals surface area contributed by atoms with Crippen LogP contribution in [0, 0.1) is 5.82 Å². The molecule has 0 saturated heterocycles. The summed E-state index contributed by atoms with van der Waals surface area (Å²) in [5.41, 5.74) is 4.71. The lowest BCUT2D eigenvalue weighted by Gasteiger charge is -2.12. The van der Waals surface area contributed by atoms with Crippen LogP contribution in [0.5, 0.6) is 0 Å². The molecule has 0 amide bonds. The summed E-state index contributed by atoms with van der Waals surface area (Å²) in [4.78, 5) is 0.209. The molecule has 0 radical (unpaired) electrons. The van der Waals surface area contributed by atoms with E-state index in [1.54, 1.807) is 31.2 Å². The van der Waals surface area contributed by atoms with Crippen molar-refractivity contribution in [2.24, 2.45) is 5.10 Å². The number of anilines is 1. The van der Waals surface area contributed by atoms with Crippen molar-refractivity contribution in [1.82, 2.24) is 9.73 Å². The molecule has 2 aromatic carbocycles. The summed E-state index contributed by atoms with van der Waals surface area (Å²) < 4.78 is 38.1. The van der Waals surface area contributed by atoms with Crippen LogP contribution in [0.4, 0.5) is 10.1 Å². The number of hydrogen-bond acceptors (Lipinski definition) is 4. The minimum absolute atomic E-state index is 0.209. The summed E-state index contributed by atoms with van der Waals surface area (Å²) >= 11 is 5.13. The SMILES string of the molecule is C/C(=N/NC(=S)Nc1ccc(F)cc1)c1ccc(S(=O)(=O)N(C)C)cc1. The van der Waals surface area contributed by atoms with Gasteiger partial charge in [0.15, 0.2) is 5.11 Å². The second-order valence-corrected chi connectivity index (χ2v) is 8.14. The van der Waals surface area contributed by atoms with Crippen LogP contribution >= 0.6 is 12.2 Å². The van der Waals surface area contributed by atoms with Gasteiger partial charge in [0, 0.05) is 19.8 Å². The second-order valence-electron chi connectivity index (χ2n) is 5.58. The van der Waals surface area contributed by atoms with Gasteiger partial charge in [-0.15, -0.1) is 0 Å². The van der Waals surface area contributed by atoms with Crippen molar-refractivity contribution in [1.29, 1.82) is 0 Å². The molecule has 6 nitrogen and oxygen atoms in total. The molecule has 0 aliphatic carbocycles. The van der Waals surface area contributed by atoms with E-state index in [9.17, 15) is 12.8 Å². The predicted octanol–water partition coefficient (Wildman–Crippen LogP) is 2.79. The van der Waals surface area contributed by atoms with Crippen LogP contribution in [0.1, 0.15) is 12.5 Å². The van der Waals surface area contributed by atoms with Gasteiger partial charge in [-0.1, -0.05) is 12.1 Å². The fourth-order valence-corrected chi connectivity index (χ4v) is 3.04. The third kappa shape index (κ3) is 5.07. The molecular weight excluding hydrogens is 375 g/mol. The molecular formula is C17H19FN4O2S2. The first-order chi connectivity index (χ1) is 12.2. The largest absolute Gasteiger partial charge is 0.331 e. The number of hydrazone groups is 1. The Balaban J connectivity index is 2.02. The number of nitrogens with one attached hydrogen (secondary N) is 2. The summed E-state index contributed by atoms with van der Waals surface area (Å²) in [6.45, 7) is 1.77. The van der Waals surface area contributed by atoms with E-state index in [0.717, 1.165) is 9.87 Å². The maximum atomic E-state index is 12.9. The molecule has 0 saturated carbocycles. The van der Waals surface area contributed by atoms with Gasteiger partial charge in [0.05, 0.1) is 10.6 Å². The molecule has 2 rings (SSSR count). The highest BCUT2D eigenvalue weighted by molar-refractivity contribution is 7.89. The highest BCUT2D eigenvalue weighted by Crippen LogP contribution is 2.14. The molecule has 0 aromatic heterocycles. The van der Waals surface area contributed by atoms with Gasteiger partial charge < -0.3 is 5.32 Å². The van der Waals surface area contributed by atoms with Gasteiger partial charge >= 0.3 is 0 Å². The second kappa shape index (κ2) is 8.35. The number of rotatable bonds is 5.